The second-order valence-electron chi connectivity index (χ2n) is 8.72. The van der Waals surface area contributed by atoms with Crippen LogP contribution in [-0.4, -0.2) is 44.4 Å². The minimum atomic E-state index is -2.91. The number of methoxy groups -OCH3 is 1. The van der Waals surface area contributed by atoms with Crippen molar-refractivity contribution in [3.63, 3.8) is 0 Å². The van der Waals surface area contributed by atoms with Crippen LogP contribution in [0.25, 0.3) is 17.0 Å². The Balaban J connectivity index is 1.41. The van der Waals surface area contributed by atoms with Gasteiger partial charge in [-0.15, -0.1) is 0 Å². The first kappa shape index (κ1) is 22.6. The number of aryl methyl sites for hydroxylation is 1. The number of rotatable bonds is 6. The van der Waals surface area contributed by atoms with Gasteiger partial charge in [0.15, 0.2) is 0 Å². The molecule has 1 aliphatic carbocycles. The van der Waals surface area contributed by atoms with E-state index in [9.17, 15) is 18.4 Å². The molecule has 5 rings (SSSR count). The number of nitrogens with zero attached hydrogens (tertiary/aromatic N) is 4. The highest BCUT2D eigenvalue weighted by atomic mass is 19.3. The molecule has 1 aliphatic rings. The molecule has 180 valence electrons. The largest absolute Gasteiger partial charge is 0.469 e. The molecule has 35 heavy (non-hydrogen) atoms. The average molecular weight is 481 g/mol. The number of ether oxygens (including phenoxy) is 1. The van der Waals surface area contributed by atoms with Crippen LogP contribution in [0.2, 0.25) is 0 Å². The fourth-order valence-electron chi connectivity index (χ4n) is 4.38. The zero-order valence-electron chi connectivity index (χ0n) is 18.9. The molecule has 1 aromatic carbocycles. The first-order valence-corrected chi connectivity index (χ1v) is 10.8. The summed E-state index contributed by atoms with van der Waals surface area (Å²) in [5.41, 5.74) is 1.56. The van der Waals surface area contributed by atoms with Crippen molar-refractivity contribution in [1.82, 2.24) is 19.5 Å². The number of carbonyl (C=O) groups excluding carboxylic acids is 2. The van der Waals surface area contributed by atoms with Gasteiger partial charge < -0.3 is 14.6 Å². The lowest BCUT2D eigenvalue weighted by Gasteiger charge is -2.43. The topological polar surface area (TPSA) is 112 Å². The Hall–Kier alpha value is -4.15. The van der Waals surface area contributed by atoms with E-state index in [4.69, 9.17) is 4.52 Å². The maximum absolute atomic E-state index is 13.7. The Morgan fingerprint density at radius 3 is 2.77 bits per heavy atom. The smallest absolute Gasteiger partial charge is 0.306 e. The van der Waals surface area contributed by atoms with Crippen molar-refractivity contribution >= 4 is 23.2 Å². The number of benzene rings is 1. The van der Waals surface area contributed by atoms with Crippen molar-refractivity contribution in [2.45, 2.75) is 37.5 Å². The van der Waals surface area contributed by atoms with E-state index in [1.165, 1.54) is 13.3 Å². The van der Waals surface area contributed by atoms with Crippen LogP contribution in [0.3, 0.4) is 0 Å². The Bertz CT molecular complexity index is 1440. The van der Waals surface area contributed by atoms with Crippen molar-refractivity contribution in [3.8, 4) is 11.4 Å². The number of carbonyl (C=O) groups is 2. The molecular formula is C24H21F2N5O4. The number of aromatic nitrogens is 4. The first-order chi connectivity index (χ1) is 16.7. The van der Waals surface area contributed by atoms with Gasteiger partial charge in [-0.05, 0) is 30.7 Å². The van der Waals surface area contributed by atoms with Crippen molar-refractivity contribution < 1.29 is 27.6 Å². The second-order valence-corrected chi connectivity index (χ2v) is 8.72. The predicted octanol–water partition coefficient (Wildman–Crippen LogP) is 4.18. The van der Waals surface area contributed by atoms with E-state index in [-0.39, 0.29) is 24.0 Å². The molecule has 0 unspecified atom stereocenters. The fraction of sp³-hybridized carbons (Fsp3) is 0.292. The fourth-order valence-corrected chi connectivity index (χ4v) is 4.38. The molecule has 1 N–H and O–H groups in total. The SMILES string of the molecule is COC(=O)CC1(c2nc(-c3ccc(C)c(NC(=O)c4cnc5ccccn45)c3)no2)CC(F)(F)C1. The molecule has 0 radical (unpaired) electrons. The number of fused-ring (bicyclic) bond motifs is 1. The number of halogens is 2. The van der Waals surface area contributed by atoms with Crippen molar-refractivity contribution in [2.24, 2.45) is 0 Å². The summed E-state index contributed by atoms with van der Waals surface area (Å²) in [6, 6.07) is 10.6. The minimum Gasteiger partial charge on any atom is -0.469 e. The maximum atomic E-state index is 13.7. The third kappa shape index (κ3) is 4.13. The lowest BCUT2D eigenvalue weighted by atomic mass is 9.64. The van der Waals surface area contributed by atoms with Crippen LogP contribution in [0.4, 0.5) is 14.5 Å². The van der Waals surface area contributed by atoms with Crippen LogP contribution in [0, 0.1) is 6.92 Å². The number of nitrogens with one attached hydrogen (secondary N) is 1. The summed E-state index contributed by atoms with van der Waals surface area (Å²) < 4.78 is 39.2. The number of esters is 1. The van der Waals surface area contributed by atoms with E-state index in [2.05, 4.69) is 25.2 Å². The molecule has 1 amide bonds. The summed E-state index contributed by atoms with van der Waals surface area (Å²) >= 11 is 0. The molecule has 1 fully saturated rings. The summed E-state index contributed by atoms with van der Waals surface area (Å²) in [6.45, 7) is 1.83. The van der Waals surface area contributed by atoms with E-state index >= 15 is 0 Å². The van der Waals surface area contributed by atoms with Crippen molar-refractivity contribution in [2.75, 3.05) is 12.4 Å². The summed E-state index contributed by atoms with van der Waals surface area (Å²) in [6.07, 6.45) is 1.80. The van der Waals surface area contributed by atoms with E-state index < -0.39 is 30.1 Å². The second kappa shape index (κ2) is 8.26. The highest BCUT2D eigenvalue weighted by molar-refractivity contribution is 6.04. The average Bonchev–Trinajstić information content (AvgIpc) is 3.47. The van der Waals surface area contributed by atoms with Gasteiger partial charge in [0.2, 0.25) is 17.6 Å². The first-order valence-electron chi connectivity index (χ1n) is 10.8. The van der Waals surface area contributed by atoms with Crippen LogP contribution in [0.1, 0.15) is 41.2 Å². The van der Waals surface area contributed by atoms with Gasteiger partial charge in [0.05, 0.1) is 25.1 Å². The molecule has 9 nitrogen and oxygen atoms in total. The standard InChI is InChI=1S/C24H21F2N5O4/c1-14-6-7-15(9-16(14)28-21(33)17-11-27-18-5-3-4-8-31(17)18)20-29-22(35-30-20)23(10-19(32)34-2)12-24(25,26)13-23/h3-9,11H,10,12-13H2,1-2H3,(H,28,33). The number of imidazole rings is 1. The van der Waals surface area contributed by atoms with E-state index in [0.717, 1.165) is 5.56 Å². The summed E-state index contributed by atoms with van der Waals surface area (Å²) in [7, 11) is 1.20. The molecule has 0 atom stereocenters. The maximum Gasteiger partial charge on any atom is 0.306 e. The zero-order valence-corrected chi connectivity index (χ0v) is 18.9. The van der Waals surface area contributed by atoms with Crippen LogP contribution in [0.15, 0.2) is 53.3 Å². The van der Waals surface area contributed by atoms with Gasteiger partial charge in [-0.25, -0.2) is 13.8 Å². The molecule has 3 heterocycles. The lowest BCUT2D eigenvalue weighted by Crippen LogP contribution is -2.50. The number of hydrogen-bond donors (Lipinski definition) is 1. The van der Waals surface area contributed by atoms with E-state index in [0.29, 0.717) is 22.6 Å². The molecule has 0 spiro atoms. The number of pyridine rings is 1. The van der Waals surface area contributed by atoms with Gasteiger partial charge in [0.1, 0.15) is 11.3 Å². The highest BCUT2D eigenvalue weighted by Crippen LogP contribution is 2.55. The van der Waals surface area contributed by atoms with Gasteiger partial charge in [-0.3, -0.25) is 14.0 Å². The minimum absolute atomic E-state index is 0.0410. The molecule has 11 heteroatoms. The molecule has 0 bridgehead atoms. The summed E-state index contributed by atoms with van der Waals surface area (Å²) in [5.74, 6) is -3.79. The summed E-state index contributed by atoms with van der Waals surface area (Å²) in [5, 5.41) is 6.82. The van der Waals surface area contributed by atoms with Crippen molar-refractivity contribution in [3.05, 3.63) is 65.9 Å². The summed E-state index contributed by atoms with van der Waals surface area (Å²) in [4.78, 5) is 33.3. The third-order valence-electron chi connectivity index (χ3n) is 6.18. The van der Waals surface area contributed by atoms with E-state index in [1.807, 2.05) is 13.0 Å². The van der Waals surface area contributed by atoms with Gasteiger partial charge in [-0.2, -0.15) is 4.98 Å². The van der Waals surface area contributed by atoms with Crippen LogP contribution >= 0.6 is 0 Å². The Morgan fingerprint density at radius 1 is 1.23 bits per heavy atom. The van der Waals surface area contributed by atoms with Gasteiger partial charge in [-0.1, -0.05) is 23.4 Å². The molecule has 0 saturated heterocycles. The number of hydrogen-bond acceptors (Lipinski definition) is 7. The monoisotopic (exact) mass is 481 g/mol. The lowest BCUT2D eigenvalue weighted by molar-refractivity contribution is -0.159. The zero-order chi connectivity index (χ0) is 24.8. The van der Waals surface area contributed by atoms with E-state index in [1.54, 1.807) is 40.9 Å². The quantitative estimate of drug-likeness (QED) is 0.411. The van der Waals surface area contributed by atoms with Crippen molar-refractivity contribution in [1.29, 1.82) is 0 Å². The predicted molar refractivity (Wildman–Crippen MR) is 120 cm³/mol. The third-order valence-corrected chi connectivity index (χ3v) is 6.18. The Kier molecular flexibility index (Phi) is 5.34. The normalized spacial score (nSPS) is 16.0. The van der Waals surface area contributed by atoms with Gasteiger partial charge >= 0.3 is 5.97 Å². The number of alkyl halides is 2. The molecule has 3 aromatic heterocycles. The van der Waals surface area contributed by atoms with Crippen LogP contribution in [-0.2, 0) is 14.9 Å². The molecule has 0 aliphatic heterocycles. The molecular weight excluding hydrogens is 460 g/mol. The van der Waals surface area contributed by atoms with Gasteiger partial charge in [0, 0.05) is 30.3 Å². The Labute approximate surface area is 198 Å². The molecule has 4 aromatic rings. The molecule has 1 saturated carbocycles. The number of amides is 1. The highest BCUT2D eigenvalue weighted by Gasteiger charge is 2.61. The van der Waals surface area contributed by atoms with Gasteiger partial charge in [0.25, 0.3) is 5.91 Å². The number of anilines is 1. The Morgan fingerprint density at radius 2 is 2.03 bits per heavy atom. The van der Waals surface area contributed by atoms with Crippen LogP contribution < -0.4 is 5.32 Å². The van der Waals surface area contributed by atoms with Crippen LogP contribution in [0.5, 0.6) is 0 Å².